The Kier molecular flexibility index (Phi) is 7.36. The highest BCUT2D eigenvalue weighted by Gasteiger charge is 2.46. The molecule has 1 aliphatic heterocycles. The number of hydrogen-bond donors (Lipinski definition) is 3. The lowest BCUT2D eigenvalue weighted by Crippen LogP contribution is -2.59. The molecule has 0 aliphatic carbocycles. The van der Waals surface area contributed by atoms with Crippen LogP contribution in [0.5, 0.6) is 0 Å². The van der Waals surface area contributed by atoms with Gasteiger partial charge in [-0.2, -0.15) is 0 Å². The fourth-order valence-corrected chi connectivity index (χ4v) is 3.09. The number of Topliss-reactive ketones (excluding diaryl/α,β-unsaturated/α-hetero) is 1. The highest BCUT2D eigenvalue weighted by molar-refractivity contribution is 5.87. The quantitative estimate of drug-likeness (QED) is 0.458. The van der Waals surface area contributed by atoms with Gasteiger partial charge in [-0.25, -0.2) is 10.2 Å². The first-order chi connectivity index (χ1) is 12.1. The van der Waals surface area contributed by atoms with Crippen molar-refractivity contribution in [3.05, 3.63) is 35.9 Å². The number of carbonyl (C=O) groups is 2. The zero-order chi connectivity index (χ0) is 18.1. The van der Waals surface area contributed by atoms with E-state index in [9.17, 15) is 9.59 Å². The summed E-state index contributed by atoms with van der Waals surface area (Å²) in [7, 11) is 0. The molecule has 0 radical (unpaired) electrons. The van der Waals surface area contributed by atoms with Crippen molar-refractivity contribution in [3.8, 4) is 0 Å². The number of ether oxygens (including phenoxy) is 1. The lowest BCUT2D eigenvalue weighted by atomic mass is 9.97. The maximum atomic E-state index is 12.6. The SMILES string of the molecule is CC(=O)C(Cc1ccccc1)(OC(=O)NNCCCN)N1CCCC1. The van der Waals surface area contributed by atoms with Crippen LogP contribution in [0.2, 0.25) is 0 Å². The first-order valence-electron chi connectivity index (χ1n) is 8.80. The van der Waals surface area contributed by atoms with Crippen LogP contribution in [-0.4, -0.2) is 48.7 Å². The molecule has 1 unspecified atom stereocenters. The Morgan fingerprint density at radius 2 is 1.92 bits per heavy atom. The van der Waals surface area contributed by atoms with Crippen LogP contribution in [0.3, 0.4) is 0 Å². The van der Waals surface area contributed by atoms with Gasteiger partial charge >= 0.3 is 6.09 Å². The summed E-state index contributed by atoms with van der Waals surface area (Å²) in [5.41, 5.74) is 10.4. The third-order valence-electron chi connectivity index (χ3n) is 4.41. The Labute approximate surface area is 148 Å². The third kappa shape index (κ3) is 5.26. The Balaban J connectivity index is 2.15. The van der Waals surface area contributed by atoms with E-state index in [0.717, 1.165) is 37.9 Å². The second-order valence-electron chi connectivity index (χ2n) is 6.28. The fraction of sp³-hybridized carbons (Fsp3) is 0.556. The van der Waals surface area contributed by atoms with E-state index in [1.54, 1.807) is 0 Å². The first kappa shape index (κ1) is 19.4. The Morgan fingerprint density at radius 3 is 2.52 bits per heavy atom. The molecule has 0 aromatic heterocycles. The fourth-order valence-electron chi connectivity index (χ4n) is 3.09. The average molecular weight is 348 g/mol. The van der Waals surface area contributed by atoms with Crippen LogP contribution in [0.25, 0.3) is 0 Å². The van der Waals surface area contributed by atoms with Gasteiger partial charge in [0.1, 0.15) is 0 Å². The molecule has 7 nitrogen and oxygen atoms in total. The van der Waals surface area contributed by atoms with Gasteiger partial charge in [-0.15, -0.1) is 0 Å². The van der Waals surface area contributed by atoms with Crippen LogP contribution in [0.1, 0.15) is 31.7 Å². The maximum absolute atomic E-state index is 12.6. The van der Waals surface area contributed by atoms with Crippen LogP contribution in [0.4, 0.5) is 4.79 Å². The summed E-state index contributed by atoms with van der Waals surface area (Å²) in [5.74, 6) is -0.171. The Hall–Kier alpha value is -1.96. The summed E-state index contributed by atoms with van der Waals surface area (Å²) >= 11 is 0. The first-order valence-corrected chi connectivity index (χ1v) is 8.80. The van der Waals surface area contributed by atoms with Gasteiger partial charge in [-0.05, 0) is 31.4 Å². The van der Waals surface area contributed by atoms with Crippen LogP contribution in [0, 0.1) is 0 Å². The summed E-state index contributed by atoms with van der Waals surface area (Å²) < 4.78 is 5.70. The second-order valence-corrected chi connectivity index (χ2v) is 6.28. The van der Waals surface area contributed by atoms with E-state index in [2.05, 4.69) is 10.9 Å². The summed E-state index contributed by atoms with van der Waals surface area (Å²) in [4.78, 5) is 26.8. The number of hydrazine groups is 1. The van der Waals surface area contributed by atoms with Gasteiger partial charge in [0.2, 0.25) is 5.72 Å². The van der Waals surface area contributed by atoms with Crippen LogP contribution in [0.15, 0.2) is 30.3 Å². The topological polar surface area (TPSA) is 96.7 Å². The minimum atomic E-state index is -1.28. The molecule has 0 bridgehead atoms. The zero-order valence-corrected chi connectivity index (χ0v) is 14.8. The van der Waals surface area contributed by atoms with Gasteiger partial charge < -0.3 is 10.5 Å². The largest absolute Gasteiger partial charge is 0.423 e. The molecule has 2 rings (SSSR count). The Bertz CT molecular complexity index is 561. The summed E-state index contributed by atoms with van der Waals surface area (Å²) in [6.45, 7) is 4.03. The minimum absolute atomic E-state index is 0.171. The van der Waals surface area contributed by atoms with Crippen molar-refractivity contribution < 1.29 is 14.3 Å². The number of ketones is 1. The highest BCUT2D eigenvalue weighted by atomic mass is 16.6. The van der Waals surface area contributed by atoms with Crippen molar-refractivity contribution in [3.63, 3.8) is 0 Å². The van der Waals surface area contributed by atoms with E-state index in [1.165, 1.54) is 6.92 Å². The van der Waals surface area contributed by atoms with E-state index in [-0.39, 0.29) is 5.78 Å². The zero-order valence-electron chi connectivity index (χ0n) is 14.8. The van der Waals surface area contributed by atoms with Crippen molar-refractivity contribution in [2.45, 2.75) is 38.3 Å². The van der Waals surface area contributed by atoms with Gasteiger partial charge in [-0.1, -0.05) is 30.3 Å². The monoisotopic (exact) mass is 348 g/mol. The van der Waals surface area contributed by atoms with Crippen LogP contribution >= 0.6 is 0 Å². The van der Waals surface area contributed by atoms with E-state index < -0.39 is 11.8 Å². The van der Waals surface area contributed by atoms with Crippen LogP contribution < -0.4 is 16.6 Å². The van der Waals surface area contributed by atoms with Crippen molar-refractivity contribution in [1.29, 1.82) is 0 Å². The molecule has 1 fully saturated rings. The van der Waals surface area contributed by atoms with E-state index >= 15 is 0 Å². The van der Waals surface area contributed by atoms with E-state index in [1.807, 2.05) is 35.2 Å². The molecule has 1 atom stereocenters. The minimum Gasteiger partial charge on any atom is -0.419 e. The number of benzene rings is 1. The van der Waals surface area contributed by atoms with Crippen molar-refractivity contribution >= 4 is 11.9 Å². The number of likely N-dealkylation sites (tertiary alicyclic amines) is 1. The lowest BCUT2D eigenvalue weighted by Gasteiger charge is -2.39. The molecule has 1 saturated heterocycles. The van der Waals surface area contributed by atoms with Gasteiger partial charge in [0.05, 0.1) is 0 Å². The van der Waals surface area contributed by atoms with Gasteiger partial charge in [0, 0.05) is 33.0 Å². The molecule has 138 valence electrons. The van der Waals surface area contributed by atoms with Gasteiger partial charge in [0.15, 0.2) is 5.78 Å². The van der Waals surface area contributed by atoms with Crippen molar-refractivity contribution in [2.24, 2.45) is 5.73 Å². The lowest BCUT2D eigenvalue weighted by molar-refractivity contribution is -0.157. The van der Waals surface area contributed by atoms with Crippen molar-refractivity contribution in [1.82, 2.24) is 15.8 Å². The number of amides is 1. The molecule has 7 heteroatoms. The molecule has 1 aliphatic rings. The number of carbonyl (C=O) groups excluding carboxylic acids is 2. The van der Waals surface area contributed by atoms with E-state index in [4.69, 9.17) is 10.5 Å². The Morgan fingerprint density at radius 1 is 1.24 bits per heavy atom. The highest BCUT2D eigenvalue weighted by Crippen LogP contribution is 2.28. The molecular formula is C18H28N4O3. The maximum Gasteiger partial charge on any atom is 0.423 e. The van der Waals surface area contributed by atoms with Gasteiger partial charge in [-0.3, -0.25) is 15.1 Å². The predicted octanol–water partition coefficient (Wildman–Crippen LogP) is 1.19. The van der Waals surface area contributed by atoms with E-state index in [0.29, 0.717) is 19.5 Å². The molecule has 0 saturated carbocycles. The number of rotatable bonds is 9. The number of nitrogens with zero attached hydrogens (tertiary/aromatic N) is 1. The average Bonchev–Trinajstić information content (AvgIpc) is 3.14. The van der Waals surface area contributed by atoms with Crippen molar-refractivity contribution in [2.75, 3.05) is 26.2 Å². The smallest absolute Gasteiger partial charge is 0.419 e. The molecule has 4 N–H and O–H groups in total. The number of nitrogens with one attached hydrogen (secondary N) is 2. The molecule has 1 aromatic carbocycles. The molecule has 25 heavy (non-hydrogen) atoms. The van der Waals surface area contributed by atoms with Gasteiger partial charge in [0.25, 0.3) is 0 Å². The second kappa shape index (κ2) is 9.50. The molecule has 1 aromatic rings. The predicted molar refractivity (Wildman–Crippen MR) is 95.7 cm³/mol. The molecular weight excluding hydrogens is 320 g/mol. The number of nitrogens with two attached hydrogens (primary N) is 1. The standard InChI is InChI=1S/C18H28N4O3/c1-15(23)18(22-12-5-6-13-22,14-16-8-3-2-4-9-16)25-17(24)21-20-11-7-10-19/h2-4,8-9,20H,5-7,10-14,19H2,1H3,(H,21,24). The number of hydrogen-bond acceptors (Lipinski definition) is 6. The third-order valence-corrected chi connectivity index (χ3v) is 4.41. The summed E-state index contributed by atoms with van der Waals surface area (Å²) in [6, 6.07) is 9.63. The molecule has 1 amide bonds. The molecule has 1 heterocycles. The molecule has 0 spiro atoms. The summed E-state index contributed by atoms with van der Waals surface area (Å²) in [5, 5.41) is 0. The normalized spacial score (nSPS) is 17.0. The van der Waals surface area contributed by atoms with Crippen LogP contribution in [-0.2, 0) is 16.0 Å². The summed E-state index contributed by atoms with van der Waals surface area (Å²) in [6.07, 6.45) is 2.39.